The van der Waals surface area contributed by atoms with E-state index in [4.69, 9.17) is 4.74 Å². The molecule has 3 nitrogen and oxygen atoms in total. The molecule has 1 aliphatic rings. The van der Waals surface area contributed by atoms with Crippen LogP contribution >= 0.6 is 0 Å². The second kappa shape index (κ2) is 5.89. The molecule has 2 rings (SSSR count). The van der Waals surface area contributed by atoms with E-state index in [-0.39, 0.29) is 11.8 Å². The van der Waals surface area contributed by atoms with Crippen LogP contribution in [-0.4, -0.2) is 13.0 Å². The van der Waals surface area contributed by atoms with Crippen molar-refractivity contribution in [2.75, 3.05) is 12.4 Å². The highest BCUT2D eigenvalue weighted by Crippen LogP contribution is 2.29. The average molecular weight is 247 g/mol. The predicted octanol–water partition coefficient (Wildman–Crippen LogP) is 3.46. The van der Waals surface area contributed by atoms with Crippen LogP contribution in [0, 0.1) is 11.8 Å². The largest absolute Gasteiger partial charge is 0.497 e. The Hall–Kier alpha value is -1.51. The summed E-state index contributed by atoms with van der Waals surface area (Å²) in [5.41, 5.74) is 0.846. The molecule has 0 aromatic heterocycles. The van der Waals surface area contributed by atoms with Crippen LogP contribution in [0.25, 0.3) is 0 Å². The van der Waals surface area contributed by atoms with Gasteiger partial charge in [-0.2, -0.15) is 0 Å². The van der Waals surface area contributed by atoms with Crippen LogP contribution in [-0.2, 0) is 4.79 Å². The number of methoxy groups -OCH3 is 1. The van der Waals surface area contributed by atoms with Crippen LogP contribution < -0.4 is 10.1 Å². The van der Waals surface area contributed by atoms with Crippen LogP contribution in [0.5, 0.6) is 5.75 Å². The van der Waals surface area contributed by atoms with Crippen molar-refractivity contribution < 1.29 is 9.53 Å². The molecule has 18 heavy (non-hydrogen) atoms. The smallest absolute Gasteiger partial charge is 0.227 e. The minimum atomic E-state index is 0.159. The summed E-state index contributed by atoms with van der Waals surface area (Å²) in [5.74, 6) is 1.81. The molecule has 1 aliphatic carbocycles. The number of hydrogen-bond donors (Lipinski definition) is 1. The summed E-state index contributed by atoms with van der Waals surface area (Å²) in [4.78, 5) is 12.1. The third-order valence-corrected chi connectivity index (χ3v) is 3.66. The Morgan fingerprint density at radius 3 is 2.61 bits per heavy atom. The van der Waals surface area contributed by atoms with E-state index >= 15 is 0 Å². The highest BCUT2D eigenvalue weighted by molar-refractivity contribution is 5.92. The standard InChI is InChI=1S/C15H21NO2/c1-11-4-3-5-12(10-11)15(17)16-13-6-8-14(18-2)9-7-13/h6-9,11-12H,3-5,10H2,1-2H3,(H,16,17). The van der Waals surface area contributed by atoms with E-state index < -0.39 is 0 Å². The summed E-state index contributed by atoms with van der Waals surface area (Å²) in [7, 11) is 1.64. The van der Waals surface area contributed by atoms with Gasteiger partial charge in [0.05, 0.1) is 7.11 Å². The van der Waals surface area contributed by atoms with Gasteiger partial charge < -0.3 is 10.1 Å². The fourth-order valence-electron chi connectivity index (χ4n) is 2.59. The molecule has 2 atom stereocenters. The fourth-order valence-corrected chi connectivity index (χ4v) is 2.59. The number of benzene rings is 1. The monoisotopic (exact) mass is 247 g/mol. The highest BCUT2D eigenvalue weighted by atomic mass is 16.5. The topological polar surface area (TPSA) is 38.3 Å². The van der Waals surface area contributed by atoms with Gasteiger partial charge in [0.1, 0.15) is 5.75 Å². The number of ether oxygens (including phenoxy) is 1. The SMILES string of the molecule is COc1ccc(NC(=O)C2CCCC(C)C2)cc1. The Morgan fingerprint density at radius 1 is 1.28 bits per heavy atom. The Bertz CT molecular complexity index is 399. The Kier molecular flexibility index (Phi) is 4.24. The fraction of sp³-hybridized carbons (Fsp3) is 0.533. The summed E-state index contributed by atoms with van der Waals surface area (Å²) in [6.07, 6.45) is 4.46. The second-order valence-corrected chi connectivity index (χ2v) is 5.19. The van der Waals surface area contributed by atoms with Gasteiger partial charge in [0, 0.05) is 11.6 Å². The summed E-state index contributed by atoms with van der Waals surface area (Å²) in [6, 6.07) is 7.48. The summed E-state index contributed by atoms with van der Waals surface area (Å²) >= 11 is 0. The lowest BCUT2D eigenvalue weighted by atomic mass is 9.82. The summed E-state index contributed by atoms with van der Waals surface area (Å²) in [5, 5.41) is 2.99. The summed E-state index contributed by atoms with van der Waals surface area (Å²) in [6.45, 7) is 2.23. The molecule has 1 saturated carbocycles. The molecule has 1 N–H and O–H groups in total. The maximum atomic E-state index is 12.1. The molecule has 0 aliphatic heterocycles. The number of carbonyl (C=O) groups is 1. The minimum absolute atomic E-state index is 0.159. The van der Waals surface area contributed by atoms with Crippen LogP contribution in [0.3, 0.4) is 0 Å². The van der Waals surface area contributed by atoms with Crippen LogP contribution in [0.4, 0.5) is 5.69 Å². The van der Waals surface area contributed by atoms with Crippen LogP contribution in [0.1, 0.15) is 32.6 Å². The summed E-state index contributed by atoms with van der Waals surface area (Å²) < 4.78 is 5.09. The van der Waals surface area contributed by atoms with E-state index in [0.717, 1.165) is 24.3 Å². The second-order valence-electron chi connectivity index (χ2n) is 5.19. The van der Waals surface area contributed by atoms with Crippen LogP contribution in [0.2, 0.25) is 0 Å². The van der Waals surface area contributed by atoms with E-state index in [1.165, 1.54) is 12.8 Å². The van der Waals surface area contributed by atoms with Crippen molar-refractivity contribution in [3.63, 3.8) is 0 Å². The lowest BCUT2D eigenvalue weighted by Gasteiger charge is -2.25. The van der Waals surface area contributed by atoms with Gasteiger partial charge in [0.2, 0.25) is 5.91 Å². The molecular formula is C15H21NO2. The number of anilines is 1. The molecule has 1 aromatic rings. The lowest BCUT2D eigenvalue weighted by molar-refractivity contribution is -0.121. The Morgan fingerprint density at radius 2 is 2.00 bits per heavy atom. The first-order chi connectivity index (χ1) is 8.69. The van der Waals surface area contributed by atoms with Crippen molar-refractivity contribution in [3.05, 3.63) is 24.3 Å². The average Bonchev–Trinajstić information content (AvgIpc) is 2.39. The molecule has 1 aromatic carbocycles. The van der Waals surface area contributed by atoms with Crippen LogP contribution in [0.15, 0.2) is 24.3 Å². The third-order valence-electron chi connectivity index (χ3n) is 3.66. The first kappa shape index (κ1) is 12.9. The van der Waals surface area contributed by atoms with E-state index in [9.17, 15) is 4.79 Å². The van der Waals surface area contributed by atoms with Crippen molar-refractivity contribution in [1.29, 1.82) is 0 Å². The molecule has 2 unspecified atom stereocenters. The maximum absolute atomic E-state index is 12.1. The van der Waals surface area contributed by atoms with Gasteiger partial charge in [-0.25, -0.2) is 0 Å². The molecular weight excluding hydrogens is 226 g/mol. The van der Waals surface area contributed by atoms with Crippen molar-refractivity contribution in [1.82, 2.24) is 0 Å². The molecule has 0 spiro atoms. The van der Waals surface area contributed by atoms with Gasteiger partial charge in [0.25, 0.3) is 0 Å². The van der Waals surface area contributed by atoms with Gasteiger partial charge in [-0.05, 0) is 43.0 Å². The number of nitrogens with one attached hydrogen (secondary N) is 1. The van der Waals surface area contributed by atoms with E-state index in [1.807, 2.05) is 24.3 Å². The van der Waals surface area contributed by atoms with E-state index in [0.29, 0.717) is 5.92 Å². The molecule has 0 heterocycles. The van der Waals surface area contributed by atoms with E-state index in [1.54, 1.807) is 7.11 Å². The molecule has 0 radical (unpaired) electrons. The highest BCUT2D eigenvalue weighted by Gasteiger charge is 2.24. The zero-order chi connectivity index (χ0) is 13.0. The quantitative estimate of drug-likeness (QED) is 0.888. The van der Waals surface area contributed by atoms with Gasteiger partial charge in [-0.1, -0.05) is 19.8 Å². The number of hydrogen-bond acceptors (Lipinski definition) is 2. The first-order valence-corrected chi connectivity index (χ1v) is 6.64. The number of amides is 1. The van der Waals surface area contributed by atoms with Gasteiger partial charge in [-0.15, -0.1) is 0 Å². The predicted molar refractivity (Wildman–Crippen MR) is 72.7 cm³/mol. The lowest BCUT2D eigenvalue weighted by Crippen LogP contribution is -2.27. The van der Waals surface area contributed by atoms with Gasteiger partial charge >= 0.3 is 0 Å². The molecule has 3 heteroatoms. The number of rotatable bonds is 3. The van der Waals surface area contributed by atoms with Crippen molar-refractivity contribution in [2.45, 2.75) is 32.6 Å². The van der Waals surface area contributed by atoms with Crippen molar-refractivity contribution in [2.24, 2.45) is 11.8 Å². The number of carbonyl (C=O) groups excluding carboxylic acids is 1. The molecule has 98 valence electrons. The first-order valence-electron chi connectivity index (χ1n) is 6.64. The van der Waals surface area contributed by atoms with Crippen molar-refractivity contribution >= 4 is 11.6 Å². The molecule has 0 saturated heterocycles. The normalized spacial score (nSPS) is 23.4. The van der Waals surface area contributed by atoms with Gasteiger partial charge in [0.15, 0.2) is 0 Å². The van der Waals surface area contributed by atoms with E-state index in [2.05, 4.69) is 12.2 Å². The zero-order valence-electron chi connectivity index (χ0n) is 11.1. The molecule has 0 bridgehead atoms. The maximum Gasteiger partial charge on any atom is 0.227 e. The minimum Gasteiger partial charge on any atom is -0.497 e. The van der Waals surface area contributed by atoms with Gasteiger partial charge in [-0.3, -0.25) is 4.79 Å². The third kappa shape index (κ3) is 3.25. The zero-order valence-corrected chi connectivity index (χ0v) is 11.1. The molecule has 1 amide bonds. The van der Waals surface area contributed by atoms with Crippen molar-refractivity contribution in [3.8, 4) is 5.75 Å². The Labute approximate surface area is 109 Å². The molecule has 1 fully saturated rings. The Balaban J connectivity index is 1.93.